The summed E-state index contributed by atoms with van der Waals surface area (Å²) in [5, 5.41) is 0. The molecular weight excluding hydrogens is 228 g/mol. The Labute approximate surface area is 107 Å². The van der Waals surface area contributed by atoms with Crippen LogP contribution in [0.1, 0.15) is 0 Å². The molecule has 0 aromatic heterocycles. The highest BCUT2D eigenvalue weighted by atomic mass is 16.5. The van der Waals surface area contributed by atoms with E-state index in [-0.39, 0.29) is 0 Å². The molecule has 2 rings (SSSR count). The number of rotatable bonds is 4. The SMILES string of the molecule is COc1cc(OC)c(-c2ccccc2)c(OC)c1. The van der Waals surface area contributed by atoms with Gasteiger partial charge in [-0.3, -0.25) is 0 Å². The van der Waals surface area contributed by atoms with E-state index in [2.05, 4.69) is 0 Å². The molecule has 0 radical (unpaired) electrons. The molecule has 94 valence electrons. The first-order chi connectivity index (χ1) is 8.80. The van der Waals surface area contributed by atoms with E-state index in [1.165, 1.54) is 0 Å². The highest BCUT2D eigenvalue weighted by Crippen LogP contribution is 2.41. The van der Waals surface area contributed by atoms with Crippen molar-refractivity contribution in [3.05, 3.63) is 42.5 Å². The third-order valence-electron chi connectivity index (χ3n) is 2.78. The monoisotopic (exact) mass is 244 g/mol. The zero-order valence-electron chi connectivity index (χ0n) is 10.8. The maximum Gasteiger partial charge on any atom is 0.134 e. The molecule has 0 bridgehead atoms. The van der Waals surface area contributed by atoms with Gasteiger partial charge in [-0.1, -0.05) is 30.3 Å². The Hall–Kier alpha value is -2.16. The van der Waals surface area contributed by atoms with Gasteiger partial charge in [-0.25, -0.2) is 0 Å². The fraction of sp³-hybridized carbons (Fsp3) is 0.200. The number of hydrogen-bond donors (Lipinski definition) is 0. The molecule has 3 heteroatoms. The molecule has 2 aromatic carbocycles. The summed E-state index contributed by atoms with van der Waals surface area (Å²) in [7, 11) is 4.90. The average Bonchev–Trinajstić information content (AvgIpc) is 2.46. The second kappa shape index (κ2) is 5.45. The molecule has 0 unspecified atom stereocenters. The van der Waals surface area contributed by atoms with E-state index in [1.54, 1.807) is 21.3 Å². The molecule has 0 atom stereocenters. The number of ether oxygens (including phenoxy) is 3. The minimum absolute atomic E-state index is 0.711. The first-order valence-electron chi connectivity index (χ1n) is 5.65. The van der Waals surface area contributed by atoms with Crippen molar-refractivity contribution in [3.8, 4) is 28.4 Å². The van der Waals surface area contributed by atoms with Crippen LogP contribution >= 0.6 is 0 Å². The van der Waals surface area contributed by atoms with E-state index in [0.29, 0.717) is 5.75 Å². The van der Waals surface area contributed by atoms with Crippen molar-refractivity contribution in [1.29, 1.82) is 0 Å². The highest BCUT2D eigenvalue weighted by molar-refractivity contribution is 5.78. The van der Waals surface area contributed by atoms with Crippen LogP contribution in [-0.4, -0.2) is 21.3 Å². The van der Waals surface area contributed by atoms with Gasteiger partial charge in [0.1, 0.15) is 17.2 Å². The standard InChI is InChI=1S/C15H16O3/c1-16-12-9-13(17-2)15(14(10-12)18-3)11-7-5-4-6-8-11/h4-10H,1-3H3. The normalized spacial score (nSPS) is 9.94. The fourth-order valence-electron chi connectivity index (χ4n) is 1.90. The Morgan fingerprint density at radius 2 is 1.28 bits per heavy atom. The van der Waals surface area contributed by atoms with E-state index in [1.807, 2.05) is 42.5 Å². The lowest BCUT2D eigenvalue weighted by atomic mass is 10.0. The van der Waals surface area contributed by atoms with Gasteiger partial charge in [0, 0.05) is 12.1 Å². The molecule has 0 heterocycles. The third-order valence-corrected chi connectivity index (χ3v) is 2.78. The van der Waals surface area contributed by atoms with E-state index >= 15 is 0 Å². The zero-order chi connectivity index (χ0) is 13.0. The van der Waals surface area contributed by atoms with Gasteiger partial charge in [0.15, 0.2) is 0 Å². The Balaban J connectivity index is 2.64. The van der Waals surface area contributed by atoms with Crippen LogP contribution in [0, 0.1) is 0 Å². The van der Waals surface area contributed by atoms with Crippen LogP contribution in [0.3, 0.4) is 0 Å². The minimum atomic E-state index is 0.711. The van der Waals surface area contributed by atoms with Crippen molar-refractivity contribution in [2.45, 2.75) is 0 Å². The predicted molar refractivity (Wildman–Crippen MR) is 71.5 cm³/mol. The molecular formula is C15H16O3. The van der Waals surface area contributed by atoms with Gasteiger partial charge in [0.25, 0.3) is 0 Å². The summed E-state index contributed by atoms with van der Waals surface area (Å²) in [5.41, 5.74) is 1.98. The van der Waals surface area contributed by atoms with Gasteiger partial charge in [-0.05, 0) is 5.56 Å². The molecule has 0 saturated carbocycles. The maximum atomic E-state index is 5.42. The third kappa shape index (κ3) is 2.25. The lowest BCUT2D eigenvalue weighted by Gasteiger charge is -2.15. The summed E-state index contributed by atoms with van der Waals surface area (Å²) >= 11 is 0. The Morgan fingerprint density at radius 3 is 1.72 bits per heavy atom. The van der Waals surface area contributed by atoms with Crippen molar-refractivity contribution in [1.82, 2.24) is 0 Å². The molecule has 18 heavy (non-hydrogen) atoms. The molecule has 0 fully saturated rings. The van der Waals surface area contributed by atoms with Crippen molar-refractivity contribution in [2.75, 3.05) is 21.3 Å². The minimum Gasteiger partial charge on any atom is -0.496 e. The zero-order valence-corrected chi connectivity index (χ0v) is 10.8. The van der Waals surface area contributed by atoms with Crippen LogP contribution in [0.5, 0.6) is 17.2 Å². The van der Waals surface area contributed by atoms with Gasteiger partial charge in [0.2, 0.25) is 0 Å². The lowest BCUT2D eigenvalue weighted by Crippen LogP contribution is -1.95. The summed E-state index contributed by atoms with van der Waals surface area (Å²) in [4.78, 5) is 0. The molecule has 0 aliphatic rings. The number of hydrogen-bond acceptors (Lipinski definition) is 3. The van der Waals surface area contributed by atoms with E-state index in [0.717, 1.165) is 22.6 Å². The first kappa shape index (κ1) is 12.3. The summed E-state index contributed by atoms with van der Waals surface area (Å²) in [6.45, 7) is 0. The highest BCUT2D eigenvalue weighted by Gasteiger charge is 2.14. The van der Waals surface area contributed by atoms with E-state index < -0.39 is 0 Å². The Bertz CT molecular complexity index is 496. The summed E-state index contributed by atoms with van der Waals surface area (Å²) in [6, 6.07) is 13.7. The maximum absolute atomic E-state index is 5.42. The van der Waals surface area contributed by atoms with Crippen LogP contribution in [-0.2, 0) is 0 Å². The topological polar surface area (TPSA) is 27.7 Å². The van der Waals surface area contributed by atoms with E-state index in [4.69, 9.17) is 14.2 Å². The molecule has 0 aliphatic heterocycles. The van der Waals surface area contributed by atoms with E-state index in [9.17, 15) is 0 Å². The molecule has 0 amide bonds. The van der Waals surface area contributed by atoms with Crippen LogP contribution in [0.15, 0.2) is 42.5 Å². The Morgan fingerprint density at radius 1 is 0.722 bits per heavy atom. The van der Waals surface area contributed by atoms with Crippen LogP contribution in [0.25, 0.3) is 11.1 Å². The van der Waals surface area contributed by atoms with Crippen molar-refractivity contribution in [2.24, 2.45) is 0 Å². The molecule has 2 aromatic rings. The summed E-state index contributed by atoms with van der Waals surface area (Å²) < 4.78 is 16.1. The molecule has 0 spiro atoms. The predicted octanol–water partition coefficient (Wildman–Crippen LogP) is 3.38. The average molecular weight is 244 g/mol. The second-order valence-corrected chi connectivity index (χ2v) is 3.77. The lowest BCUT2D eigenvalue weighted by molar-refractivity contribution is 0.377. The number of benzene rings is 2. The Kier molecular flexibility index (Phi) is 3.72. The van der Waals surface area contributed by atoms with Gasteiger partial charge in [-0.2, -0.15) is 0 Å². The largest absolute Gasteiger partial charge is 0.496 e. The smallest absolute Gasteiger partial charge is 0.134 e. The fourth-order valence-corrected chi connectivity index (χ4v) is 1.90. The van der Waals surface area contributed by atoms with Crippen LogP contribution in [0.4, 0.5) is 0 Å². The number of methoxy groups -OCH3 is 3. The van der Waals surface area contributed by atoms with Gasteiger partial charge < -0.3 is 14.2 Å². The molecule has 0 aliphatic carbocycles. The second-order valence-electron chi connectivity index (χ2n) is 3.77. The van der Waals surface area contributed by atoms with Gasteiger partial charge >= 0.3 is 0 Å². The van der Waals surface area contributed by atoms with Gasteiger partial charge in [0.05, 0.1) is 26.9 Å². The van der Waals surface area contributed by atoms with Crippen LogP contribution < -0.4 is 14.2 Å². The van der Waals surface area contributed by atoms with Crippen molar-refractivity contribution < 1.29 is 14.2 Å². The first-order valence-corrected chi connectivity index (χ1v) is 5.65. The molecule has 3 nitrogen and oxygen atoms in total. The van der Waals surface area contributed by atoms with Crippen molar-refractivity contribution >= 4 is 0 Å². The van der Waals surface area contributed by atoms with Gasteiger partial charge in [-0.15, -0.1) is 0 Å². The summed E-state index contributed by atoms with van der Waals surface area (Å²) in [5.74, 6) is 2.18. The summed E-state index contributed by atoms with van der Waals surface area (Å²) in [6.07, 6.45) is 0. The van der Waals surface area contributed by atoms with Crippen LogP contribution in [0.2, 0.25) is 0 Å². The molecule has 0 saturated heterocycles. The molecule has 0 N–H and O–H groups in total. The quantitative estimate of drug-likeness (QED) is 0.825. The van der Waals surface area contributed by atoms with Crippen molar-refractivity contribution in [3.63, 3.8) is 0 Å².